The third-order valence-electron chi connectivity index (χ3n) is 1.55. The summed E-state index contributed by atoms with van der Waals surface area (Å²) in [5, 5.41) is 11.7. The predicted molar refractivity (Wildman–Crippen MR) is 50.1 cm³/mol. The summed E-state index contributed by atoms with van der Waals surface area (Å²) in [4.78, 5) is 2.07. The second kappa shape index (κ2) is 4.54. The molecule has 0 amide bonds. The molecule has 1 atom stereocenters. The van der Waals surface area contributed by atoms with E-state index >= 15 is 0 Å². The SMILES string of the molecule is CC(Br)CCCc1nnn(C)n1. The van der Waals surface area contributed by atoms with Crippen molar-refractivity contribution in [1.29, 1.82) is 0 Å². The van der Waals surface area contributed by atoms with Crippen LogP contribution in [-0.4, -0.2) is 25.0 Å². The zero-order chi connectivity index (χ0) is 8.97. The topological polar surface area (TPSA) is 43.6 Å². The molecule has 0 aromatic carbocycles. The van der Waals surface area contributed by atoms with E-state index in [1.165, 1.54) is 4.80 Å². The van der Waals surface area contributed by atoms with Crippen molar-refractivity contribution in [3.63, 3.8) is 0 Å². The third-order valence-corrected chi connectivity index (χ3v) is 2.01. The van der Waals surface area contributed by atoms with E-state index in [4.69, 9.17) is 0 Å². The second-order valence-electron chi connectivity index (χ2n) is 2.87. The number of halogens is 1. The number of aryl methyl sites for hydroxylation is 2. The van der Waals surface area contributed by atoms with Crippen LogP contribution in [0.5, 0.6) is 0 Å². The van der Waals surface area contributed by atoms with Crippen molar-refractivity contribution < 1.29 is 0 Å². The van der Waals surface area contributed by atoms with Gasteiger partial charge in [0.2, 0.25) is 0 Å². The molecule has 1 heterocycles. The molecule has 0 saturated carbocycles. The van der Waals surface area contributed by atoms with Crippen LogP contribution >= 0.6 is 15.9 Å². The number of hydrogen-bond donors (Lipinski definition) is 0. The van der Waals surface area contributed by atoms with Gasteiger partial charge in [0.15, 0.2) is 5.82 Å². The van der Waals surface area contributed by atoms with Crippen LogP contribution in [-0.2, 0) is 13.5 Å². The summed E-state index contributed by atoms with van der Waals surface area (Å²) in [5.74, 6) is 0.839. The number of tetrazole rings is 1. The van der Waals surface area contributed by atoms with Gasteiger partial charge in [-0.15, -0.1) is 10.2 Å². The molecule has 0 radical (unpaired) electrons. The molecule has 0 N–H and O–H groups in total. The second-order valence-corrected chi connectivity index (χ2v) is 4.43. The monoisotopic (exact) mass is 232 g/mol. The molecule has 1 aromatic heterocycles. The average Bonchev–Trinajstić information content (AvgIpc) is 2.35. The van der Waals surface area contributed by atoms with Crippen molar-refractivity contribution >= 4 is 15.9 Å². The number of hydrogen-bond acceptors (Lipinski definition) is 3. The van der Waals surface area contributed by atoms with E-state index in [1.807, 2.05) is 0 Å². The summed E-state index contributed by atoms with van der Waals surface area (Å²) in [7, 11) is 1.78. The van der Waals surface area contributed by atoms with Gasteiger partial charge < -0.3 is 0 Å². The molecule has 1 aromatic rings. The van der Waals surface area contributed by atoms with Crippen molar-refractivity contribution in [2.45, 2.75) is 31.0 Å². The van der Waals surface area contributed by atoms with Crippen molar-refractivity contribution in [3.05, 3.63) is 5.82 Å². The summed E-state index contributed by atoms with van der Waals surface area (Å²) in [6.07, 6.45) is 3.18. The van der Waals surface area contributed by atoms with E-state index in [9.17, 15) is 0 Å². The van der Waals surface area contributed by atoms with Crippen LogP contribution < -0.4 is 0 Å². The molecule has 0 aliphatic heterocycles. The number of rotatable bonds is 4. The van der Waals surface area contributed by atoms with Gasteiger partial charge in [-0.2, -0.15) is 4.80 Å². The van der Waals surface area contributed by atoms with Crippen molar-refractivity contribution in [2.24, 2.45) is 7.05 Å². The normalized spacial score (nSPS) is 13.2. The molecule has 4 nitrogen and oxygen atoms in total. The van der Waals surface area contributed by atoms with Gasteiger partial charge >= 0.3 is 0 Å². The molecule has 0 saturated heterocycles. The van der Waals surface area contributed by atoms with Gasteiger partial charge in [-0.3, -0.25) is 0 Å². The lowest BCUT2D eigenvalue weighted by molar-refractivity contribution is 0.625. The summed E-state index contributed by atoms with van der Waals surface area (Å²) in [6, 6.07) is 0. The van der Waals surface area contributed by atoms with Gasteiger partial charge in [0, 0.05) is 11.2 Å². The fraction of sp³-hybridized carbons (Fsp3) is 0.857. The van der Waals surface area contributed by atoms with Crippen molar-refractivity contribution in [2.75, 3.05) is 0 Å². The van der Waals surface area contributed by atoms with E-state index in [2.05, 4.69) is 38.3 Å². The van der Waals surface area contributed by atoms with Crippen LogP contribution in [0.4, 0.5) is 0 Å². The minimum atomic E-state index is 0.578. The Morgan fingerprint density at radius 3 is 2.83 bits per heavy atom. The maximum absolute atomic E-state index is 4.09. The van der Waals surface area contributed by atoms with Crippen LogP contribution in [0.2, 0.25) is 0 Å². The molecule has 0 spiro atoms. The molecule has 0 bridgehead atoms. The predicted octanol–water partition coefficient (Wildman–Crippen LogP) is 1.32. The van der Waals surface area contributed by atoms with E-state index < -0.39 is 0 Å². The quantitative estimate of drug-likeness (QED) is 0.736. The first-order valence-corrected chi connectivity index (χ1v) is 4.97. The number of nitrogens with zero attached hydrogens (tertiary/aromatic N) is 4. The van der Waals surface area contributed by atoms with Gasteiger partial charge in [-0.25, -0.2) is 0 Å². The Morgan fingerprint density at radius 1 is 1.58 bits per heavy atom. The van der Waals surface area contributed by atoms with Gasteiger partial charge in [-0.05, 0) is 18.1 Å². The molecule has 0 aliphatic rings. The standard InChI is InChI=1S/C7H13BrN4/c1-6(8)4-3-5-7-9-11-12(2)10-7/h6H,3-5H2,1-2H3. The molecule has 5 heteroatoms. The van der Waals surface area contributed by atoms with Gasteiger partial charge in [0.1, 0.15) is 0 Å². The number of alkyl halides is 1. The Balaban J connectivity index is 2.24. The maximum atomic E-state index is 4.09. The fourth-order valence-electron chi connectivity index (χ4n) is 0.965. The molecule has 0 aliphatic carbocycles. The molecule has 0 fully saturated rings. The van der Waals surface area contributed by atoms with E-state index in [1.54, 1.807) is 7.05 Å². The lowest BCUT2D eigenvalue weighted by atomic mass is 10.2. The first-order valence-electron chi connectivity index (χ1n) is 4.05. The number of aromatic nitrogens is 4. The van der Waals surface area contributed by atoms with Crippen LogP contribution in [0.15, 0.2) is 0 Å². The molecule has 12 heavy (non-hydrogen) atoms. The van der Waals surface area contributed by atoms with E-state index in [0.29, 0.717) is 4.83 Å². The van der Waals surface area contributed by atoms with E-state index in [0.717, 1.165) is 25.1 Å². The smallest absolute Gasteiger partial charge is 0.167 e. The first-order chi connectivity index (χ1) is 5.68. The average molecular weight is 233 g/mol. The van der Waals surface area contributed by atoms with Crippen LogP contribution in [0.3, 0.4) is 0 Å². The highest BCUT2D eigenvalue weighted by molar-refractivity contribution is 9.09. The van der Waals surface area contributed by atoms with Crippen LogP contribution in [0.25, 0.3) is 0 Å². The summed E-state index contributed by atoms with van der Waals surface area (Å²) in [6.45, 7) is 2.14. The Labute approximate surface area is 80.5 Å². The zero-order valence-corrected chi connectivity index (χ0v) is 8.95. The maximum Gasteiger partial charge on any atom is 0.174 e. The van der Waals surface area contributed by atoms with Gasteiger partial charge in [0.05, 0.1) is 7.05 Å². The Kier molecular flexibility index (Phi) is 3.65. The van der Waals surface area contributed by atoms with Crippen molar-refractivity contribution in [3.8, 4) is 0 Å². The Bertz CT molecular complexity index is 233. The first kappa shape index (κ1) is 9.64. The third kappa shape index (κ3) is 3.30. The lowest BCUT2D eigenvalue weighted by Crippen LogP contribution is -1.96. The highest BCUT2D eigenvalue weighted by Crippen LogP contribution is 2.08. The van der Waals surface area contributed by atoms with Crippen LogP contribution in [0, 0.1) is 0 Å². The summed E-state index contributed by atoms with van der Waals surface area (Å²) in [5.41, 5.74) is 0. The van der Waals surface area contributed by atoms with E-state index in [-0.39, 0.29) is 0 Å². The zero-order valence-electron chi connectivity index (χ0n) is 7.37. The minimum absolute atomic E-state index is 0.578. The molecule has 1 rings (SSSR count). The van der Waals surface area contributed by atoms with Gasteiger partial charge in [0.25, 0.3) is 0 Å². The summed E-state index contributed by atoms with van der Waals surface area (Å²) >= 11 is 3.49. The van der Waals surface area contributed by atoms with Crippen molar-refractivity contribution in [1.82, 2.24) is 20.2 Å². The lowest BCUT2D eigenvalue weighted by Gasteiger charge is -1.98. The minimum Gasteiger partial charge on any atom is -0.167 e. The molecule has 1 unspecified atom stereocenters. The highest BCUT2D eigenvalue weighted by atomic mass is 79.9. The molecular formula is C7H13BrN4. The molecular weight excluding hydrogens is 220 g/mol. The largest absolute Gasteiger partial charge is 0.174 e. The summed E-state index contributed by atoms with van der Waals surface area (Å²) < 4.78 is 0. The molecule has 68 valence electrons. The Hall–Kier alpha value is -0.450. The highest BCUT2D eigenvalue weighted by Gasteiger charge is 2.01. The van der Waals surface area contributed by atoms with Crippen LogP contribution in [0.1, 0.15) is 25.6 Å². The fourth-order valence-corrected chi connectivity index (χ4v) is 1.29. The Morgan fingerprint density at radius 2 is 2.33 bits per heavy atom. The van der Waals surface area contributed by atoms with Gasteiger partial charge in [-0.1, -0.05) is 22.9 Å².